The van der Waals surface area contributed by atoms with E-state index in [9.17, 15) is 4.79 Å². The number of benzene rings is 1. The lowest BCUT2D eigenvalue weighted by Crippen LogP contribution is -2.17. The molecule has 0 heterocycles. The van der Waals surface area contributed by atoms with E-state index in [1.165, 1.54) is 50.5 Å². The smallest absolute Gasteiger partial charge is 0.243 e. The first kappa shape index (κ1) is 16.7. The number of nitrogens with one attached hydrogen (secondary N) is 1. The van der Waals surface area contributed by atoms with Gasteiger partial charge in [0.25, 0.3) is 0 Å². The van der Waals surface area contributed by atoms with Crippen molar-refractivity contribution in [3.63, 3.8) is 0 Å². The molecule has 0 unspecified atom stereocenters. The minimum Gasteiger partial charge on any atom is -0.289 e. The molecular weight excluding hydrogens is 250 g/mol. The van der Waals surface area contributed by atoms with E-state index in [1.54, 1.807) is 5.48 Å². The van der Waals surface area contributed by atoms with Gasteiger partial charge >= 0.3 is 0 Å². The van der Waals surface area contributed by atoms with Crippen LogP contribution in [0.5, 0.6) is 0 Å². The molecule has 0 radical (unpaired) electrons. The van der Waals surface area contributed by atoms with Crippen LogP contribution in [0.2, 0.25) is 0 Å². The predicted octanol–water partition coefficient (Wildman–Crippen LogP) is 4.25. The molecule has 1 aromatic carbocycles. The van der Waals surface area contributed by atoms with Gasteiger partial charge in [-0.2, -0.15) is 0 Å². The van der Waals surface area contributed by atoms with Gasteiger partial charge in [0.15, 0.2) is 0 Å². The van der Waals surface area contributed by atoms with Crippen LogP contribution in [-0.4, -0.2) is 11.1 Å². The highest BCUT2D eigenvalue weighted by molar-refractivity contribution is 5.74. The summed E-state index contributed by atoms with van der Waals surface area (Å²) < 4.78 is 0. The highest BCUT2D eigenvalue weighted by atomic mass is 16.5. The van der Waals surface area contributed by atoms with E-state index in [0.29, 0.717) is 6.42 Å². The Kier molecular flexibility index (Phi) is 9.58. The number of carbonyl (C=O) groups is 1. The third-order valence-corrected chi connectivity index (χ3v) is 3.59. The molecule has 0 atom stereocenters. The van der Waals surface area contributed by atoms with Gasteiger partial charge in [0.2, 0.25) is 5.91 Å². The molecule has 0 bridgehead atoms. The molecule has 20 heavy (non-hydrogen) atoms. The van der Waals surface area contributed by atoms with E-state index in [4.69, 9.17) is 5.21 Å². The van der Waals surface area contributed by atoms with Gasteiger partial charge in [0, 0.05) is 6.42 Å². The van der Waals surface area contributed by atoms with Crippen molar-refractivity contribution in [1.82, 2.24) is 5.48 Å². The largest absolute Gasteiger partial charge is 0.289 e. The van der Waals surface area contributed by atoms with Crippen molar-refractivity contribution in [2.45, 2.75) is 64.2 Å². The van der Waals surface area contributed by atoms with Crippen LogP contribution in [0.1, 0.15) is 63.4 Å². The zero-order valence-corrected chi connectivity index (χ0v) is 12.3. The number of amides is 1. The Balaban J connectivity index is 1.82. The van der Waals surface area contributed by atoms with Crippen LogP contribution in [0.3, 0.4) is 0 Å². The molecule has 1 amide bonds. The second kappa shape index (κ2) is 11.5. The third-order valence-electron chi connectivity index (χ3n) is 3.59. The van der Waals surface area contributed by atoms with Crippen LogP contribution in [0.4, 0.5) is 0 Å². The van der Waals surface area contributed by atoms with Crippen LogP contribution in [0.25, 0.3) is 0 Å². The number of hydroxylamine groups is 1. The van der Waals surface area contributed by atoms with E-state index in [0.717, 1.165) is 12.8 Å². The second-order valence-electron chi connectivity index (χ2n) is 5.35. The first-order valence-corrected chi connectivity index (χ1v) is 7.80. The van der Waals surface area contributed by atoms with Crippen LogP contribution >= 0.6 is 0 Å². The molecule has 1 aromatic rings. The highest BCUT2D eigenvalue weighted by Crippen LogP contribution is 2.11. The van der Waals surface area contributed by atoms with Crippen LogP contribution in [-0.2, 0) is 11.2 Å². The molecule has 112 valence electrons. The average Bonchev–Trinajstić information content (AvgIpc) is 2.50. The minimum atomic E-state index is -0.272. The highest BCUT2D eigenvalue weighted by Gasteiger charge is 1.98. The summed E-state index contributed by atoms with van der Waals surface area (Å²) in [5.41, 5.74) is 3.10. The number of aryl methyl sites for hydroxylation is 1. The number of hydrogen-bond donors (Lipinski definition) is 2. The molecule has 0 saturated carbocycles. The molecule has 1 rings (SSSR count). The fourth-order valence-corrected chi connectivity index (χ4v) is 2.38. The Morgan fingerprint density at radius 3 is 2.00 bits per heavy atom. The standard InChI is InChI=1S/C17H27NO2/c19-17(18-20)15-11-6-4-2-1-3-5-8-12-16-13-9-7-10-14-16/h7,9-10,13-14,20H,1-6,8,11-12,15H2,(H,18,19). The summed E-state index contributed by atoms with van der Waals surface area (Å²) in [5, 5.41) is 8.34. The Labute approximate surface area is 122 Å². The molecule has 0 aliphatic heterocycles. The van der Waals surface area contributed by atoms with E-state index >= 15 is 0 Å². The van der Waals surface area contributed by atoms with Crippen molar-refractivity contribution in [1.29, 1.82) is 0 Å². The fourth-order valence-electron chi connectivity index (χ4n) is 2.38. The van der Waals surface area contributed by atoms with Crippen molar-refractivity contribution in [2.24, 2.45) is 0 Å². The summed E-state index contributed by atoms with van der Waals surface area (Å²) in [6.07, 6.45) is 11.2. The summed E-state index contributed by atoms with van der Waals surface area (Å²) in [6, 6.07) is 10.7. The maximum absolute atomic E-state index is 10.8. The molecule has 0 spiro atoms. The monoisotopic (exact) mass is 277 g/mol. The quantitative estimate of drug-likeness (QED) is 0.361. The Morgan fingerprint density at radius 2 is 1.40 bits per heavy atom. The molecular formula is C17H27NO2. The molecule has 0 aliphatic rings. The van der Waals surface area contributed by atoms with Gasteiger partial charge in [-0.1, -0.05) is 68.9 Å². The molecule has 3 heteroatoms. The van der Waals surface area contributed by atoms with Crippen molar-refractivity contribution in [2.75, 3.05) is 0 Å². The van der Waals surface area contributed by atoms with Crippen LogP contribution in [0.15, 0.2) is 30.3 Å². The average molecular weight is 277 g/mol. The number of unbranched alkanes of at least 4 members (excludes halogenated alkanes) is 7. The zero-order chi connectivity index (χ0) is 14.5. The number of carbonyl (C=O) groups excluding carboxylic acids is 1. The van der Waals surface area contributed by atoms with Gasteiger partial charge in [-0.15, -0.1) is 0 Å². The first-order chi connectivity index (χ1) is 9.83. The molecule has 0 saturated heterocycles. The molecule has 0 aromatic heterocycles. The summed E-state index contributed by atoms with van der Waals surface area (Å²) >= 11 is 0. The maximum atomic E-state index is 10.8. The topological polar surface area (TPSA) is 49.3 Å². The van der Waals surface area contributed by atoms with Crippen molar-refractivity contribution in [3.8, 4) is 0 Å². The second-order valence-corrected chi connectivity index (χ2v) is 5.35. The molecule has 2 N–H and O–H groups in total. The van der Waals surface area contributed by atoms with Gasteiger partial charge in [-0.05, 0) is 24.8 Å². The zero-order valence-electron chi connectivity index (χ0n) is 12.3. The van der Waals surface area contributed by atoms with Crippen molar-refractivity contribution >= 4 is 5.91 Å². The van der Waals surface area contributed by atoms with Crippen LogP contribution < -0.4 is 5.48 Å². The van der Waals surface area contributed by atoms with E-state index in [-0.39, 0.29) is 5.91 Å². The van der Waals surface area contributed by atoms with E-state index in [1.807, 2.05) is 0 Å². The molecule has 3 nitrogen and oxygen atoms in total. The van der Waals surface area contributed by atoms with Gasteiger partial charge in [0.1, 0.15) is 0 Å². The van der Waals surface area contributed by atoms with Crippen molar-refractivity contribution < 1.29 is 10.0 Å². The van der Waals surface area contributed by atoms with Gasteiger partial charge in [0.05, 0.1) is 0 Å². The third kappa shape index (κ3) is 8.70. The lowest BCUT2D eigenvalue weighted by atomic mass is 10.0. The Hall–Kier alpha value is -1.35. The minimum absolute atomic E-state index is 0.272. The Bertz CT molecular complexity index is 351. The lowest BCUT2D eigenvalue weighted by Gasteiger charge is -2.03. The van der Waals surface area contributed by atoms with E-state index < -0.39 is 0 Å². The van der Waals surface area contributed by atoms with Gasteiger partial charge < -0.3 is 0 Å². The molecule has 0 fully saturated rings. The normalized spacial score (nSPS) is 10.4. The maximum Gasteiger partial charge on any atom is 0.243 e. The SMILES string of the molecule is O=C(CCCCCCCCCCc1ccccc1)NO. The molecule has 0 aliphatic carbocycles. The van der Waals surface area contributed by atoms with Gasteiger partial charge in [-0.3, -0.25) is 10.0 Å². The number of rotatable bonds is 11. The summed E-state index contributed by atoms with van der Waals surface area (Å²) in [7, 11) is 0. The first-order valence-electron chi connectivity index (χ1n) is 7.80. The summed E-state index contributed by atoms with van der Waals surface area (Å²) in [4.78, 5) is 10.8. The fraction of sp³-hybridized carbons (Fsp3) is 0.588. The lowest BCUT2D eigenvalue weighted by molar-refractivity contribution is -0.129. The van der Waals surface area contributed by atoms with Gasteiger partial charge in [-0.25, -0.2) is 5.48 Å². The van der Waals surface area contributed by atoms with Crippen LogP contribution in [0, 0.1) is 0 Å². The van der Waals surface area contributed by atoms with Crippen molar-refractivity contribution in [3.05, 3.63) is 35.9 Å². The number of hydrogen-bond acceptors (Lipinski definition) is 2. The predicted molar refractivity (Wildman–Crippen MR) is 81.6 cm³/mol. The summed E-state index contributed by atoms with van der Waals surface area (Å²) in [5.74, 6) is -0.272. The van der Waals surface area contributed by atoms with E-state index in [2.05, 4.69) is 30.3 Å². The summed E-state index contributed by atoms with van der Waals surface area (Å²) in [6.45, 7) is 0. The Morgan fingerprint density at radius 1 is 0.850 bits per heavy atom.